The summed E-state index contributed by atoms with van der Waals surface area (Å²) in [6.07, 6.45) is 9.12. The van der Waals surface area contributed by atoms with Crippen LogP contribution in [0.15, 0.2) is 47.2 Å². The van der Waals surface area contributed by atoms with Gasteiger partial charge in [-0.1, -0.05) is 24.3 Å². The highest BCUT2D eigenvalue weighted by atomic mass is 32.1. The van der Waals surface area contributed by atoms with E-state index >= 15 is 0 Å². The van der Waals surface area contributed by atoms with Gasteiger partial charge in [-0.2, -0.15) is 11.3 Å². The van der Waals surface area contributed by atoms with Crippen LogP contribution in [0.5, 0.6) is 5.75 Å². The zero-order valence-corrected chi connectivity index (χ0v) is 14.1. The first-order valence-corrected chi connectivity index (χ1v) is 8.87. The normalized spacial score (nSPS) is 11.0. The zero-order valence-electron chi connectivity index (χ0n) is 13.2. The van der Waals surface area contributed by atoms with Crippen LogP contribution in [0, 0.1) is 0 Å². The van der Waals surface area contributed by atoms with Gasteiger partial charge in [0.05, 0.1) is 13.0 Å². The molecule has 1 heterocycles. The molecule has 2 N–H and O–H groups in total. The lowest BCUT2D eigenvalue weighted by atomic mass is 10.1. The number of allylic oxidation sites excluding steroid dienone is 1. The minimum Gasteiger partial charge on any atom is -0.494 e. The number of hydrogen-bond acceptors (Lipinski definition) is 3. The third-order valence-electron chi connectivity index (χ3n) is 3.41. The molecule has 0 aliphatic heterocycles. The minimum atomic E-state index is -0.322. The van der Waals surface area contributed by atoms with Gasteiger partial charge in [0, 0.05) is 0 Å². The molecule has 2 rings (SSSR count). The summed E-state index contributed by atoms with van der Waals surface area (Å²) in [6, 6.07) is 9.70. The largest absolute Gasteiger partial charge is 0.494 e. The number of carbonyl (C=O) groups excluding carboxylic acids is 1. The summed E-state index contributed by atoms with van der Waals surface area (Å²) in [5.74, 6) is 0.485. The molecule has 0 aliphatic rings. The molecule has 0 saturated carbocycles. The number of hydrogen-bond donors (Lipinski definition) is 1. The summed E-state index contributed by atoms with van der Waals surface area (Å²) in [5, 5.41) is 4.24. The fourth-order valence-electron chi connectivity index (χ4n) is 2.27. The molecular weight excluding hydrogens is 306 g/mol. The molecular formula is C19H23NO2S. The number of unbranched alkanes of at least 4 members (excludes halogenated alkanes) is 3. The van der Waals surface area contributed by atoms with Gasteiger partial charge in [-0.15, -0.1) is 0 Å². The van der Waals surface area contributed by atoms with Gasteiger partial charge in [0.2, 0.25) is 5.91 Å². The predicted molar refractivity (Wildman–Crippen MR) is 96.7 cm³/mol. The molecule has 0 fully saturated rings. The molecule has 0 spiro atoms. The van der Waals surface area contributed by atoms with E-state index in [-0.39, 0.29) is 12.3 Å². The average molecular weight is 329 g/mol. The summed E-state index contributed by atoms with van der Waals surface area (Å²) < 4.78 is 5.72. The molecule has 0 saturated heterocycles. The van der Waals surface area contributed by atoms with Crippen molar-refractivity contribution in [2.24, 2.45) is 5.73 Å². The third kappa shape index (κ3) is 7.15. The van der Waals surface area contributed by atoms with Crippen molar-refractivity contribution in [1.29, 1.82) is 0 Å². The van der Waals surface area contributed by atoms with Crippen molar-refractivity contribution in [2.75, 3.05) is 6.61 Å². The minimum absolute atomic E-state index is 0.258. The number of amides is 1. The van der Waals surface area contributed by atoms with E-state index in [4.69, 9.17) is 10.5 Å². The highest BCUT2D eigenvalue weighted by molar-refractivity contribution is 7.08. The second kappa shape index (κ2) is 9.85. The summed E-state index contributed by atoms with van der Waals surface area (Å²) in [4.78, 5) is 10.9. The van der Waals surface area contributed by atoms with Crippen LogP contribution >= 0.6 is 11.3 Å². The monoisotopic (exact) mass is 329 g/mol. The Hall–Kier alpha value is -2.07. The van der Waals surface area contributed by atoms with E-state index in [1.165, 1.54) is 12.0 Å². The fraction of sp³-hybridized carbons (Fsp3) is 0.316. The van der Waals surface area contributed by atoms with E-state index in [9.17, 15) is 4.79 Å². The van der Waals surface area contributed by atoms with Crippen LogP contribution < -0.4 is 10.5 Å². The van der Waals surface area contributed by atoms with Gasteiger partial charge >= 0.3 is 0 Å². The maximum absolute atomic E-state index is 10.9. The quantitative estimate of drug-likeness (QED) is 0.656. The number of primary amides is 1. The number of rotatable bonds is 10. The highest BCUT2D eigenvalue weighted by Gasteiger charge is 2.00. The SMILES string of the molecule is NC(=O)Cc1cccc(OCCCCC/C=C\c2ccsc2)c1. The van der Waals surface area contributed by atoms with Gasteiger partial charge in [0.15, 0.2) is 0 Å². The number of nitrogens with two attached hydrogens (primary N) is 1. The molecule has 0 radical (unpaired) electrons. The fourth-order valence-corrected chi connectivity index (χ4v) is 2.90. The molecule has 2 aromatic rings. The first-order chi connectivity index (χ1) is 11.2. The van der Waals surface area contributed by atoms with Gasteiger partial charge in [-0.05, 0) is 65.8 Å². The molecule has 4 heteroatoms. The van der Waals surface area contributed by atoms with Gasteiger partial charge in [0.25, 0.3) is 0 Å². The Morgan fingerprint density at radius 3 is 2.91 bits per heavy atom. The Balaban J connectivity index is 1.57. The topological polar surface area (TPSA) is 52.3 Å². The maximum Gasteiger partial charge on any atom is 0.221 e. The average Bonchev–Trinajstić information content (AvgIpc) is 3.03. The number of carbonyl (C=O) groups is 1. The molecule has 1 aromatic carbocycles. The Bertz CT molecular complexity index is 620. The summed E-state index contributed by atoms with van der Waals surface area (Å²) in [5.41, 5.74) is 7.38. The zero-order chi connectivity index (χ0) is 16.3. The van der Waals surface area contributed by atoms with Crippen molar-refractivity contribution in [3.8, 4) is 5.75 Å². The van der Waals surface area contributed by atoms with Crippen LogP contribution in [-0.4, -0.2) is 12.5 Å². The van der Waals surface area contributed by atoms with Gasteiger partial charge in [-0.25, -0.2) is 0 Å². The molecule has 0 aliphatic carbocycles. The standard InChI is InChI=1S/C19H23NO2S/c20-19(21)14-17-8-6-9-18(13-17)22-11-5-3-1-2-4-7-16-10-12-23-15-16/h4,6-10,12-13,15H,1-3,5,11,14H2,(H2,20,21)/b7-4-. The molecule has 0 atom stereocenters. The molecule has 23 heavy (non-hydrogen) atoms. The molecule has 122 valence electrons. The van der Waals surface area contributed by atoms with E-state index < -0.39 is 0 Å². The maximum atomic E-state index is 10.9. The number of benzene rings is 1. The molecule has 3 nitrogen and oxygen atoms in total. The summed E-state index contributed by atoms with van der Waals surface area (Å²) >= 11 is 1.72. The van der Waals surface area contributed by atoms with E-state index in [2.05, 4.69) is 29.0 Å². The smallest absolute Gasteiger partial charge is 0.221 e. The van der Waals surface area contributed by atoms with Crippen LogP contribution in [-0.2, 0) is 11.2 Å². The van der Waals surface area contributed by atoms with Gasteiger partial charge < -0.3 is 10.5 Å². The van der Waals surface area contributed by atoms with Crippen molar-refractivity contribution in [3.05, 3.63) is 58.3 Å². The van der Waals surface area contributed by atoms with E-state index in [0.717, 1.165) is 30.6 Å². The molecule has 0 unspecified atom stereocenters. The molecule has 1 amide bonds. The Kier molecular flexibility index (Phi) is 7.40. The van der Waals surface area contributed by atoms with Gasteiger partial charge in [-0.3, -0.25) is 4.79 Å². The first-order valence-electron chi connectivity index (χ1n) is 7.93. The van der Waals surface area contributed by atoms with Crippen LogP contribution in [0.25, 0.3) is 6.08 Å². The highest BCUT2D eigenvalue weighted by Crippen LogP contribution is 2.15. The van der Waals surface area contributed by atoms with Crippen LogP contribution in [0.1, 0.15) is 36.8 Å². The lowest BCUT2D eigenvalue weighted by molar-refractivity contribution is -0.117. The van der Waals surface area contributed by atoms with E-state index in [1.807, 2.05) is 24.3 Å². The lowest BCUT2D eigenvalue weighted by Crippen LogP contribution is -2.13. The summed E-state index contributed by atoms with van der Waals surface area (Å²) in [7, 11) is 0. The third-order valence-corrected chi connectivity index (χ3v) is 4.12. The van der Waals surface area contributed by atoms with Crippen LogP contribution in [0.2, 0.25) is 0 Å². The second-order valence-electron chi connectivity index (χ2n) is 5.45. The lowest BCUT2D eigenvalue weighted by Gasteiger charge is -2.07. The van der Waals surface area contributed by atoms with E-state index in [0.29, 0.717) is 6.61 Å². The van der Waals surface area contributed by atoms with E-state index in [1.54, 1.807) is 11.3 Å². The molecule has 0 bridgehead atoms. The Morgan fingerprint density at radius 1 is 1.22 bits per heavy atom. The second-order valence-corrected chi connectivity index (χ2v) is 6.23. The van der Waals surface area contributed by atoms with Crippen molar-refractivity contribution in [1.82, 2.24) is 0 Å². The van der Waals surface area contributed by atoms with Crippen LogP contribution in [0.3, 0.4) is 0 Å². The van der Waals surface area contributed by atoms with Crippen molar-refractivity contribution < 1.29 is 9.53 Å². The number of thiophene rings is 1. The van der Waals surface area contributed by atoms with Crippen molar-refractivity contribution in [3.63, 3.8) is 0 Å². The van der Waals surface area contributed by atoms with Crippen molar-refractivity contribution >= 4 is 23.3 Å². The summed E-state index contributed by atoms with van der Waals surface area (Å²) in [6.45, 7) is 0.703. The predicted octanol–water partition coefficient (Wildman–Crippen LogP) is 4.43. The Labute approximate surface area is 141 Å². The molecule has 1 aromatic heterocycles. The van der Waals surface area contributed by atoms with Crippen molar-refractivity contribution in [2.45, 2.75) is 32.1 Å². The first kappa shape index (κ1) is 17.3. The Morgan fingerprint density at radius 2 is 2.13 bits per heavy atom. The van der Waals surface area contributed by atoms with Crippen LogP contribution in [0.4, 0.5) is 0 Å². The number of ether oxygens (including phenoxy) is 1. The van der Waals surface area contributed by atoms with Gasteiger partial charge in [0.1, 0.15) is 5.75 Å².